The van der Waals surface area contributed by atoms with Crippen molar-refractivity contribution in [1.29, 1.82) is 0 Å². The number of amides is 2. The van der Waals surface area contributed by atoms with Gasteiger partial charge in [0.1, 0.15) is 5.69 Å². The third-order valence-electron chi connectivity index (χ3n) is 4.31. The van der Waals surface area contributed by atoms with E-state index in [1.807, 2.05) is 12.1 Å². The minimum absolute atomic E-state index is 0.0190. The van der Waals surface area contributed by atoms with E-state index in [0.29, 0.717) is 5.69 Å². The van der Waals surface area contributed by atoms with Crippen LogP contribution >= 0.6 is 0 Å². The molecule has 6 nitrogen and oxygen atoms in total. The Labute approximate surface area is 183 Å². The van der Waals surface area contributed by atoms with Crippen LogP contribution in [0.1, 0.15) is 26.3 Å². The number of pyridine rings is 1. The zero-order valence-corrected chi connectivity index (χ0v) is 17.7. The minimum atomic E-state index is -4.88. The van der Waals surface area contributed by atoms with E-state index in [1.54, 1.807) is 18.2 Å². The number of carbonyl (C=O) groups excluding carboxylic acids is 1. The van der Waals surface area contributed by atoms with E-state index in [0.717, 1.165) is 11.6 Å². The van der Waals surface area contributed by atoms with Crippen LogP contribution in [0.2, 0.25) is 0 Å². The monoisotopic (exact) mass is 445 g/mol. The van der Waals surface area contributed by atoms with Crippen LogP contribution in [0.25, 0.3) is 0 Å². The molecule has 0 spiro atoms. The van der Waals surface area contributed by atoms with E-state index >= 15 is 0 Å². The second-order valence-corrected chi connectivity index (χ2v) is 7.86. The number of anilines is 2. The second kappa shape index (κ2) is 9.17. The summed E-state index contributed by atoms with van der Waals surface area (Å²) in [6.07, 6.45) is -3.50. The predicted molar refractivity (Wildman–Crippen MR) is 115 cm³/mol. The van der Waals surface area contributed by atoms with Gasteiger partial charge in [-0.2, -0.15) is 0 Å². The Morgan fingerprint density at radius 1 is 0.875 bits per heavy atom. The highest BCUT2D eigenvalue weighted by Gasteiger charge is 2.32. The molecule has 0 fully saturated rings. The Bertz CT molecular complexity index is 1080. The average Bonchev–Trinajstić information content (AvgIpc) is 2.69. The van der Waals surface area contributed by atoms with Gasteiger partial charge in [0.2, 0.25) is 5.88 Å². The van der Waals surface area contributed by atoms with E-state index in [-0.39, 0.29) is 22.7 Å². The lowest BCUT2D eigenvalue weighted by atomic mass is 9.87. The summed E-state index contributed by atoms with van der Waals surface area (Å²) < 4.78 is 47.4. The van der Waals surface area contributed by atoms with Gasteiger partial charge in [-0.1, -0.05) is 45.0 Å². The van der Waals surface area contributed by atoms with Crippen LogP contribution in [0.3, 0.4) is 0 Å². The number of hydrogen-bond donors (Lipinski definition) is 2. The Balaban J connectivity index is 1.73. The standard InChI is InChI=1S/C23H22F3N3O3/c1-22(2,3)15-10-12-16(13-11-15)28-21(30)29-17-7-6-14-27-20(17)31-18-8-4-5-9-19(18)32-23(24,25)26/h4-14H,1-3H3,(H2,28,29,30). The summed E-state index contributed by atoms with van der Waals surface area (Å²) in [5.74, 6) is -0.825. The summed E-state index contributed by atoms with van der Waals surface area (Å²) >= 11 is 0. The molecule has 0 aliphatic rings. The fourth-order valence-corrected chi connectivity index (χ4v) is 2.75. The number of aromatic nitrogens is 1. The van der Waals surface area contributed by atoms with Gasteiger partial charge in [0.15, 0.2) is 11.5 Å². The van der Waals surface area contributed by atoms with Crippen molar-refractivity contribution in [2.45, 2.75) is 32.5 Å². The van der Waals surface area contributed by atoms with Gasteiger partial charge in [-0.25, -0.2) is 9.78 Å². The van der Waals surface area contributed by atoms with Crippen molar-refractivity contribution in [2.24, 2.45) is 0 Å². The van der Waals surface area contributed by atoms with E-state index < -0.39 is 18.1 Å². The van der Waals surface area contributed by atoms with Crippen molar-refractivity contribution in [3.63, 3.8) is 0 Å². The normalized spacial score (nSPS) is 11.6. The van der Waals surface area contributed by atoms with Crippen LogP contribution < -0.4 is 20.1 Å². The number of ether oxygens (including phenoxy) is 2. The third-order valence-corrected chi connectivity index (χ3v) is 4.31. The van der Waals surface area contributed by atoms with Crippen molar-refractivity contribution in [1.82, 2.24) is 4.98 Å². The molecule has 3 rings (SSSR count). The molecule has 0 bridgehead atoms. The lowest BCUT2D eigenvalue weighted by Crippen LogP contribution is -2.20. The van der Waals surface area contributed by atoms with E-state index in [1.165, 1.54) is 30.5 Å². The first kappa shape index (κ1) is 22.9. The molecule has 0 unspecified atom stereocenters. The number of urea groups is 1. The number of alkyl halides is 3. The van der Waals surface area contributed by atoms with Crippen LogP contribution in [-0.4, -0.2) is 17.4 Å². The van der Waals surface area contributed by atoms with Crippen LogP contribution in [0.15, 0.2) is 66.9 Å². The molecule has 2 amide bonds. The van der Waals surface area contributed by atoms with Crippen LogP contribution in [0, 0.1) is 0 Å². The number of benzene rings is 2. The highest BCUT2D eigenvalue weighted by atomic mass is 19.4. The first-order valence-corrected chi connectivity index (χ1v) is 9.67. The van der Waals surface area contributed by atoms with Crippen LogP contribution in [-0.2, 0) is 5.41 Å². The quantitative estimate of drug-likeness (QED) is 0.458. The summed E-state index contributed by atoms with van der Waals surface area (Å²) in [7, 11) is 0. The summed E-state index contributed by atoms with van der Waals surface area (Å²) in [4.78, 5) is 16.5. The van der Waals surface area contributed by atoms with E-state index in [9.17, 15) is 18.0 Å². The van der Waals surface area contributed by atoms with Crippen molar-refractivity contribution in [3.05, 3.63) is 72.4 Å². The molecule has 2 aromatic carbocycles. The summed E-state index contributed by atoms with van der Waals surface area (Å²) in [6.45, 7) is 6.26. The number of rotatable bonds is 5. The Morgan fingerprint density at radius 2 is 1.53 bits per heavy atom. The van der Waals surface area contributed by atoms with Crippen molar-refractivity contribution >= 4 is 17.4 Å². The molecule has 9 heteroatoms. The van der Waals surface area contributed by atoms with Gasteiger partial charge >= 0.3 is 12.4 Å². The lowest BCUT2D eigenvalue weighted by molar-refractivity contribution is -0.275. The summed E-state index contributed by atoms with van der Waals surface area (Å²) in [5, 5.41) is 5.29. The lowest BCUT2D eigenvalue weighted by Gasteiger charge is -2.19. The topological polar surface area (TPSA) is 72.5 Å². The number of carbonyl (C=O) groups is 1. The number of nitrogens with one attached hydrogen (secondary N) is 2. The highest BCUT2D eigenvalue weighted by molar-refractivity contribution is 6.00. The Kier molecular flexibility index (Phi) is 6.57. The molecule has 0 saturated carbocycles. The second-order valence-electron chi connectivity index (χ2n) is 7.86. The molecule has 2 N–H and O–H groups in total. The zero-order chi connectivity index (χ0) is 23.4. The molecule has 0 aliphatic carbocycles. The first-order valence-electron chi connectivity index (χ1n) is 9.67. The van der Waals surface area contributed by atoms with Crippen molar-refractivity contribution in [2.75, 3.05) is 10.6 Å². The van der Waals surface area contributed by atoms with Gasteiger partial charge < -0.3 is 20.1 Å². The fraction of sp³-hybridized carbons (Fsp3) is 0.217. The molecule has 3 aromatic rings. The summed E-state index contributed by atoms with van der Waals surface area (Å²) in [5.41, 5.74) is 1.84. The molecule has 0 radical (unpaired) electrons. The third kappa shape index (κ3) is 6.37. The average molecular weight is 445 g/mol. The van der Waals surface area contributed by atoms with Gasteiger partial charge in [-0.05, 0) is 47.4 Å². The maximum Gasteiger partial charge on any atom is 0.573 e. The Hall–Kier alpha value is -3.75. The smallest absolute Gasteiger partial charge is 0.433 e. The molecule has 0 saturated heterocycles. The van der Waals surface area contributed by atoms with Gasteiger partial charge in [0, 0.05) is 11.9 Å². The fourth-order valence-electron chi connectivity index (χ4n) is 2.75. The summed E-state index contributed by atoms with van der Waals surface area (Å²) in [6, 6.07) is 15.2. The number of nitrogens with zero attached hydrogens (tertiary/aromatic N) is 1. The number of halogens is 3. The Morgan fingerprint density at radius 3 is 2.16 bits per heavy atom. The SMILES string of the molecule is CC(C)(C)c1ccc(NC(=O)Nc2cccnc2Oc2ccccc2OC(F)(F)F)cc1. The molecule has 0 atom stereocenters. The van der Waals surface area contributed by atoms with E-state index in [4.69, 9.17) is 4.74 Å². The van der Waals surface area contributed by atoms with Gasteiger partial charge in [0.25, 0.3) is 0 Å². The van der Waals surface area contributed by atoms with Crippen molar-refractivity contribution < 1.29 is 27.4 Å². The maximum absolute atomic E-state index is 12.6. The number of hydrogen-bond acceptors (Lipinski definition) is 4. The number of para-hydroxylation sites is 2. The van der Waals surface area contributed by atoms with Gasteiger partial charge in [0.05, 0.1) is 0 Å². The maximum atomic E-state index is 12.6. The van der Waals surface area contributed by atoms with Gasteiger partial charge in [-0.3, -0.25) is 0 Å². The molecular weight excluding hydrogens is 423 g/mol. The minimum Gasteiger partial charge on any atom is -0.433 e. The zero-order valence-electron chi connectivity index (χ0n) is 17.7. The predicted octanol–water partition coefficient (Wildman–Crippen LogP) is 6.71. The molecular formula is C23H22F3N3O3. The largest absolute Gasteiger partial charge is 0.573 e. The van der Waals surface area contributed by atoms with Crippen molar-refractivity contribution in [3.8, 4) is 17.4 Å². The highest BCUT2D eigenvalue weighted by Crippen LogP contribution is 2.36. The molecule has 0 aliphatic heterocycles. The van der Waals surface area contributed by atoms with Gasteiger partial charge in [-0.15, -0.1) is 13.2 Å². The van der Waals surface area contributed by atoms with E-state index in [2.05, 4.69) is 41.1 Å². The van der Waals surface area contributed by atoms with Crippen LogP contribution in [0.5, 0.6) is 17.4 Å². The first-order chi connectivity index (χ1) is 15.0. The van der Waals surface area contributed by atoms with Crippen LogP contribution in [0.4, 0.5) is 29.3 Å². The molecule has 1 heterocycles. The molecule has 168 valence electrons. The molecule has 32 heavy (non-hydrogen) atoms. The molecule has 1 aromatic heterocycles.